The van der Waals surface area contributed by atoms with Crippen LogP contribution in [-0.4, -0.2) is 34.7 Å². The minimum atomic E-state index is -0.519. The summed E-state index contributed by atoms with van der Waals surface area (Å²) in [6, 6.07) is 5.82. The second-order valence-electron chi connectivity index (χ2n) is 4.94. The van der Waals surface area contributed by atoms with Crippen molar-refractivity contribution < 1.29 is 4.92 Å². The largest absolute Gasteiger partial charge is 0.396 e. The molecule has 0 bridgehead atoms. The summed E-state index contributed by atoms with van der Waals surface area (Å²) < 4.78 is 3.15. The van der Waals surface area contributed by atoms with Crippen molar-refractivity contribution in [3.63, 3.8) is 0 Å². The molecule has 23 heavy (non-hydrogen) atoms. The lowest BCUT2D eigenvalue weighted by Crippen LogP contribution is -2.03. The molecule has 0 spiro atoms. The molecule has 9 nitrogen and oxygen atoms in total. The number of imidazole rings is 1. The molecule has 10 heteroatoms. The Balaban J connectivity index is 2.05. The number of aryl methyl sites for hydroxylation is 2. The Labute approximate surface area is 135 Å². The number of nitro groups is 1. The summed E-state index contributed by atoms with van der Waals surface area (Å²) in [6.45, 7) is 3.98. The van der Waals surface area contributed by atoms with Gasteiger partial charge in [0.25, 0.3) is 0 Å². The zero-order valence-electron chi connectivity index (χ0n) is 12.7. The maximum absolute atomic E-state index is 11.1. The lowest BCUT2D eigenvalue weighted by molar-refractivity contribution is -0.392. The Bertz CT molecular complexity index is 886. The number of hydrogen-bond acceptors (Lipinski definition) is 7. The molecule has 3 rings (SSSR count). The molecule has 0 aliphatic carbocycles. The average Bonchev–Trinajstić information content (AvgIpc) is 3.10. The van der Waals surface area contributed by atoms with E-state index in [1.165, 1.54) is 6.33 Å². The Kier molecular flexibility index (Phi) is 3.82. The molecule has 2 aromatic heterocycles. The second kappa shape index (κ2) is 5.80. The Hall–Kier alpha value is -2.75. The summed E-state index contributed by atoms with van der Waals surface area (Å²) >= 11 is 1.10. The molecule has 0 saturated heterocycles. The zero-order chi connectivity index (χ0) is 16.6. The van der Waals surface area contributed by atoms with Gasteiger partial charge in [-0.25, -0.2) is 0 Å². The molecular weight excluding hydrogens is 318 g/mol. The molecule has 0 saturated carbocycles. The van der Waals surface area contributed by atoms with Crippen molar-refractivity contribution >= 4 is 17.6 Å². The van der Waals surface area contributed by atoms with Crippen molar-refractivity contribution in [2.45, 2.75) is 24.0 Å². The van der Waals surface area contributed by atoms with Crippen LogP contribution in [0.15, 0.2) is 34.7 Å². The van der Waals surface area contributed by atoms with E-state index in [4.69, 9.17) is 0 Å². The van der Waals surface area contributed by atoms with Crippen LogP contribution in [0.1, 0.15) is 11.1 Å². The number of aromatic nitrogens is 6. The third kappa shape index (κ3) is 2.68. The molecule has 0 aliphatic rings. The van der Waals surface area contributed by atoms with Crippen LogP contribution in [0.3, 0.4) is 0 Å². The Morgan fingerprint density at radius 3 is 2.83 bits per heavy atom. The van der Waals surface area contributed by atoms with Crippen molar-refractivity contribution in [2.24, 2.45) is 7.05 Å². The van der Waals surface area contributed by atoms with Gasteiger partial charge >= 0.3 is 5.82 Å². The highest BCUT2D eigenvalue weighted by Crippen LogP contribution is 2.33. The lowest BCUT2D eigenvalue weighted by atomic mass is 10.1. The highest BCUT2D eigenvalue weighted by Gasteiger charge is 2.24. The molecule has 0 amide bonds. The van der Waals surface area contributed by atoms with Crippen LogP contribution in [-0.2, 0) is 7.05 Å². The summed E-state index contributed by atoms with van der Waals surface area (Å²) in [6.07, 6.45) is 1.40. The van der Waals surface area contributed by atoms with Crippen LogP contribution in [0, 0.1) is 24.0 Å². The van der Waals surface area contributed by atoms with E-state index >= 15 is 0 Å². The van der Waals surface area contributed by atoms with E-state index in [2.05, 4.69) is 20.5 Å². The van der Waals surface area contributed by atoms with Gasteiger partial charge in [-0.3, -0.25) is 0 Å². The summed E-state index contributed by atoms with van der Waals surface area (Å²) in [5.41, 5.74) is 2.99. The maximum Gasteiger partial charge on any atom is 0.396 e. The van der Waals surface area contributed by atoms with E-state index in [1.54, 1.807) is 16.3 Å². The fourth-order valence-electron chi connectivity index (χ4n) is 2.09. The van der Waals surface area contributed by atoms with Crippen LogP contribution in [0.2, 0.25) is 0 Å². The summed E-state index contributed by atoms with van der Waals surface area (Å²) in [5, 5.41) is 23.6. The summed E-state index contributed by atoms with van der Waals surface area (Å²) in [4.78, 5) is 14.4. The lowest BCUT2D eigenvalue weighted by Gasteiger charge is -2.09. The van der Waals surface area contributed by atoms with Gasteiger partial charge in [0.05, 0.1) is 5.69 Å². The van der Waals surface area contributed by atoms with Crippen LogP contribution in [0.5, 0.6) is 0 Å². The molecule has 0 radical (unpaired) electrons. The van der Waals surface area contributed by atoms with Crippen LogP contribution in [0.25, 0.3) is 5.69 Å². The van der Waals surface area contributed by atoms with Gasteiger partial charge < -0.3 is 14.7 Å². The molecule has 0 atom stereocenters. The van der Waals surface area contributed by atoms with Gasteiger partial charge in [0, 0.05) is 7.05 Å². The third-order valence-corrected chi connectivity index (χ3v) is 4.57. The highest BCUT2D eigenvalue weighted by atomic mass is 32.2. The first-order valence-electron chi connectivity index (χ1n) is 6.67. The molecule has 2 heterocycles. The molecule has 0 unspecified atom stereocenters. The van der Waals surface area contributed by atoms with Gasteiger partial charge in [-0.1, -0.05) is 12.1 Å². The van der Waals surface area contributed by atoms with Crippen LogP contribution >= 0.6 is 11.8 Å². The zero-order valence-corrected chi connectivity index (χ0v) is 13.5. The van der Waals surface area contributed by atoms with Crippen molar-refractivity contribution in [2.75, 3.05) is 0 Å². The predicted molar refractivity (Wildman–Crippen MR) is 82.6 cm³/mol. The minimum Gasteiger partial charge on any atom is -0.358 e. The monoisotopic (exact) mass is 331 g/mol. The fourth-order valence-corrected chi connectivity index (χ4v) is 2.98. The second-order valence-corrected chi connectivity index (χ2v) is 5.89. The van der Waals surface area contributed by atoms with Gasteiger partial charge in [0.15, 0.2) is 5.03 Å². The van der Waals surface area contributed by atoms with Crippen molar-refractivity contribution in [1.29, 1.82) is 0 Å². The molecular formula is C13H13N7O2S. The SMILES string of the molecule is Cc1cccc(-n2nnnc2Sc2c([N+](=O)[O-])ncn2C)c1C. The average molecular weight is 331 g/mol. The first kappa shape index (κ1) is 15.2. The van der Waals surface area contributed by atoms with E-state index in [-0.39, 0.29) is 5.82 Å². The molecule has 0 aliphatic heterocycles. The number of tetrazole rings is 1. The summed E-state index contributed by atoms with van der Waals surface area (Å²) in [5.74, 6) is -0.215. The number of hydrogen-bond donors (Lipinski definition) is 0. The van der Waals surface area contributed by atoms with E-state index in [9.17, 15) is 10.1 Å². The van der Waals surface area contributed by atoms with E-state index in [0.717, 1.165) is 28.6 Å². The first-order chi connectivity index (χ1) is 11.0. The van der Waals surface area contributed by atoms with Gasteiger partial charge in [0.1, 0.15) is 0 Å². The van der Waals surface area contributed by atoms with Crippen molar-refractivity contribution in [3.8, 4) is 5.69 Å². The quantitative estimate of drug-likeness (QED) is 0.532. The fraction of sp³-hybridized carbons (Fsp3) is 0.231. The normalized spacial score (nSPS) is 10.9. The van der Waals surface area contributed by atoms with Crippen LogP contribution in [0.4, 0.5) is 5.82 Å². The first-order valence-corrected chi connectivity index (χ1v) is 7.49. The van der Waals surface area contributed by atoms with Gasteiger partial charge in [-0.15, -0.1) is 5.10 Å². The van der Waals surface area contributed by atoms with Crippen molar-refractivity contribution in [3.05, 3.63) is 45.8 Å². The molecule has 1 aromatic carbocycles. The molecule has 118 valence electrons. The molecule has 3 aromatic rings. The third-order valence-electron chi connectivity index (χ3n) is 3.47. The Morgan fingerprint density at radius 2 is 2.09 bits per heavy atom. The van der Waals surface area contributed by atoms with Gasteiger partial charge in [0.2, 0.25) is 11.5 Å². The standard InChI is InChI=1S/C13H13N7O2S/c1-8-5-4-6-10(9(8)2)19-13(15-16-17-19)23-12-11(20(21)22)14-7-18(12)3/h4-7H,1-3H3. The topological polar surface area (TPSA) is 105 Å². The molecule has 0 N–H and O–H groups in total. The smallest absolute Gasteiger partial charge is 0.358 e. The summed E-state index contributed by atoms with van der Waals surface area (Å²) in [7, 11) is 1.69. The number of rotatable bonds is 4. The van der Waals surface area contributed by atoms with E-state index in [1.807, 2.05) is 32.0 Å². The van der Waals surface area contributed by atoms with Crippen molar-refractivity contribution in [1.82, 2.24) is 29.8 Å². The maximum atomic E-state index is 11.1. The highest BCUT2D eigenvalue weighted by molar-refractivity contribution is 7.99. The molecule has 0 fully saturated rings. The number of benzene rings is 1. The van der Waals surface area contributed by atoms with E-state index in [0.29, 0.717) is 10.2 Å². The van der Waals surface area contributed by atoms with E-state index < -0.39 is 4.92 Å². The van der Waals surface area contributed by atoms with Gasteiger partial charge in [-0.2, -0.15) is 4.68 Å². The Morgan fingerprint density at radius 1 is 1.30 bits per heavy atom. The van der Waals surface area contributed by atoms with Crippen LogP contribution < -0.4 is 0 Å². The predicted octanol–water partition coefficient (Wildman–Crippen LogP) is 2.07. The minimum absolute atomic E-state index is 0.215. The number of nitrogens with zero attached hydrogens (tertiary/aromatic N) is 7. The van der Waals surface area contributed by atoms with Gasteiger partial charge in [-0.05, 0) is 63.1 Å².